The van der Waals surface area contributed by atoms with Crippen molar-refractivity contribution >= 4 is 5.69 Å². The minimum Gasteiger partial charge on any atom is -0.487 e. The molecule has 0 saturated carbocycles. The molecule has 0 amide bonds. The van der Waals surface area contributed by atoms with Crippen molar-refractivity contribution in [2.75, 3.05) is 20.2 Å². The van der Waals surface area contributed by atoms with E-state index in [2.05, 4.69) is 22.1 Å². The minimum atomic E-state index is -0.417. The van der Waals surface area contributed by atoms with Gasteiger partial charge in [0.1, 0.15) is 0 Å². The molecule has 1 aromatic heterocycles. The largest absolute Gasteiger partial charge is 0.487 e. The molecule has 116 valence electrons. The molecule has 0 aliphatic carbocycles. The third-order valence-electron chi connectivity index (χ3n) is 3.85. The van der Waals surface area contributed by atoms with Crippen molar-refractivity contribution < 1.29 is 9.66 Å². The Morgan fingerprint density at radius 3 is 3.05 bits per heavy atom. The molecule has 2 aromatic rings. The van der Waals surface area contributed by atoms with E-state index in [-0.39, 0.29) is 11.4 Å². The highest BCUT2D eigenvalue weighted by Gasteiger charge is 2.23. The van der Waals surface area contributed by atoms with Gasteiger partial charge in [0.2, 0.25) is 0 Å². The van der Waals surface area contributed by atoms with E-state index in [0.717, 1.165) is 42.0 Å². The molecule has 22 heavy (non-hydrogen) atoms. The van der Waals surface area contributed by atoms with Crippen LogP contribution in [0.2, 0.25) is 0 Å². The van der Waals surface area contributed by atoms with Crippen LogP contribution in [0.15, 0.2) is 18.2 Å². The first kappa shape index (κ1) is 14.5. The normalized spacial score (nSPS) is 14.6. The molecule has 2 heterocycles. The van der Waals surface area contributed by atoms with Gasteiger partial charge >= 0.3 is 5.69 Å². The highest BCUT2D eigenvalue weighted by Crippen LogP contribution is 2.34. The lowest BCUT2D eigenvalue weighted by atomic mass is 10.0. The smallest absolute Gasteiger partial charge is 0.311 e. The van der Waals surface area contributed by atoms with Crippen LogP contribution < -0.4 is 4.74 Å². The molecule has 3 rings (SSSR count). The summed E-state index contributed by atoms with van der Waals surface area (Å²) in [6, 6.07) is 5.00. The van der Waals surface area contributed by atoms with E-state index in [4.69, 9.17) is 4.74 Å². The highest BCUT2D eigenvalue weighted by atomic mass is 16.6. The molecule has 0 bridgehead atoms. The number of nitrogens with one attached hydrogen (secondary N) is 1. The van der Waals surface area contributed by atoms with Gasteiger partial charge in [-0.2, -0.15) is 5.10 Å². The van der Waals surface area contributed by atoms with Crippen LogP contribution in [-0.2, 0) is 13.0 Å². The van der Waals surface area contributed by atoms with Crippen LogP contribution in [0.3, 0.4) is 0 Å². The van der Waals surface area contributed by atoms with Crippen LogP contribution in [0, 0.1) is 10.1 Å². The maximum Gasteiger partial charge on any atom is 0.311 e. The van der Waals surface area contributed by atoms with Crippen molar-refractivity contribution in [2.45, 2.75) is 19.9 Å². The summed E-state index contributed by atoms with van der Waals surface area (Å²) >= 11 is 0. The maximum atomic E-state index is 11.2. The predicted octanol–water partition coefficient (Wildman–Crippen LogP) is 2.37. The van der Waals surface area contributed by atoms with Gasteiger partial charge < -0.3 is 9.64 Å². The Morgan fingerprint density at radius 2 is 2.32 bits per heavy atom. The summed E-state index contributed by atoms with van der Waals surface area (Å²) in [6.45, 7) is 3.97. The number of hydrogen-bond donors (Lipinski definition) is 1. The number of nitrogens with zero attached hydrogens (tertiary/aromatic N) is 3. The number of likely N-dealkylation sites (N-methyl/N-ethyl adjacent to an activating group) is 1. The summed E-state index contributed by atoms with van der Waals surface area (Å²) in [5, 5.41) is 18.7. The number of fused-ring (bicyclic) bond motifs is 1. The Morgan fingerprint density at radius 1 is 1.50 bits per heavy atom. The Labute approximate surface area is 128 Å². The number of rotatable bonds is 4. The molecule has 7 heteroatoms. The number of benzene rings is 1. The summed E-state index contributed by atoms with van der Waals surface area (Å²) in [6.07, 6.45) is 0.915. The van der Waals surface area contributed by atoms with Crippen LogP contribution >= 0.6 is 0 Å². The number of nitro groups is 1. The first-order valence-corrected chi connectivity index (χ1v) is 7.26. The molecule has 1 N–H and O–H groups in total. The van der Waals surface area contributed by atoms with Gasteiger partial charge in [0.25, 0.3) is 0 Å². The van der Waals surface area contributed by atoms with E-state index >= 15 is 0 Å². The summed E-state index contributed by atoms with van der Waals surface area (Å²) < 4.78 is 5.32. The molecular weight excluding hydrogens is 284 g/mol. The van der Waals surface area contributed by atoms with E-state index in [0.29, 0.717) is 6.61 Å². The molecule has 0 spiro atoms. The predicted molar refractivity (Wildman–Crippen MR) is 81.9 cm³/mol. The fraction of sp³-hybridized carbons (Fsp3) is 0.400. The second kappa shape index (κ2) is 5.76. The molecule has 0 atom stereocenters. The second-order valence-corrected chi connectivity index (χ2v) is 5.39. The van der Waals surface area contributed by atoms with Gasteiger partial charge in [0.05, 0.1) is 17.2 Å². The van der Waals surface area contributed by atoms with E-state index in [1.165, 1.54) is 6.07 Å². The number of aromatic nitrogens is 2. The van der Waals surface area contributed by atoms with Gasteiger partial charge in [-0.05, 0) is 26.1 Å². The van der Waals surface area contributed by atoms with Gasteiger partial charge in [-0.25, -0.2) is 0 Å². The molecule has 1 aliphatic rings. The maximum absolute atomic E-state index is 11.2. The lowest BCUT2D eigenvalue weighted by Gasteiger charge is -2.22. The number of ether oxygens (including phenoxy) is 1. The lowest BCUT2D eigenvalue weighted by molar-refractivity contribution is -0.385. The molecule has 0 radical (unpaired) electrons. The zero-order chi connectivity index (χ0) is 15.7. The van der Waals surface area contributed by atoms with Crippen LogP contribution in [0.1, 0.15) is 18.2 Å². The van der Waals surface area contributed by atoms with Gasteiger partial charge in [0, 0.05) is 42.4 Å². The summed E-state index contributed by atoms with van der Waals surface area (Å²) in [5.74, 6) is 0.290. The second-order valence-electron chi connectivity index (χ2n) is 5.39. The van der Waals surface area contributed by atoms with Crippen molar-refractivity contribution in [3.8, 4) is 17.0 Å². The van der Waals surface area contributed by atoms with Crippen molar-refractivity contribution in [1.82, 2.24) is 15.1 Å². The van der Waals surface area contributed by atoms with Gasteiger partial charge in [-0.1, -0.05) is 0 Å². The SMILES string of the molecule is CCOc1ccc(-c2n[nH]c3c2CN(C)CC3)cc1[N+](=O)[O-]. The quantitative estimate of drug-likeness (QED) is 0.692. The Bertz CT molecular complexity index is 711. The topological polar surface area (TPSA) is 84.3 Å². The fourth-order valence-electron chi connectivity index (χ4n) is 2.75. The first-order chi connectivity index (χ1) is 10.6. The van der Waals surface area contributed by atoms with E-state index in [1.807, 2.05) is 6.07 Å². The molecule has 1 aliphatic heterocycles. The highest BCUT2D eigenvalue weighted by molar-refractivity contribution is 5.69. The number of H-pyrrole nitrogens is 1. The van der Waals surface area contributed by atoms with E-state index in [1.54, 1.807) is 13.0 Å². The zero-order valence-corrected chi connectivity index (χ0v) is 12.6. The van der Waals surface area contributed by atoms with Crippen molar-refractivity contribution in [3.63, 3.8) is 0 Å². The Kier molecular flexibility index (Phi) is 3.81. The lowest BCUT2D eigenvalue weighted by Crippen LogP contribution is -2.26. The number of aromatic amines is 1. The zero-order valence-electron chi connectivity index (χ0n) is 12.6. The third-order valence-corrected chi connectivity index (χ3v) is 3.85. The van der Waals surface area contributed by atoms with Crippen molar-refractivity contribution in [2.24, 2.45) is 0 Å². The molecule has 1 aromatic carbocycles. The van der Waals surface area contributed by atoms with Crippen LogP contribution in [-0.4, -0.2) is 40.2 Å². The van der Waals surface area contributed by atoms with Gasteiger partial charge in [-0.3, -0.25) is 15.2 Å². The molecular formula is C15H18N4O3. The van der Waals surface area contributed by atoms with E-state index in [9.17, 15) is 10.1 Å². The molecule has 0 unspecified atom stereocenters. The number of nitro benzene ring substituents is 1. The molecule has 7 nitrogen and oxygen atoms in total. The van der Waals surface area contributed by atoms with E-state index < -0.39 is 4.92 Å². The number of hydrogen-bond acceptors (Lipinski definition) is 5. The summed E-state index contributed by atoms with van der Waals surface area (Å²) in [7, 11) is 2.06. The molecule has 0 saturated heterocycles. The summed E-state index contributed by atoms with van der Waals surface area (Å²) in [4.78, 5) is 13.0. The van der Waals surface area contributed by atoms with Crippen LogP contribution in [0.25, 0.3) is 11.3 Å². The Hall–Kier alpha value is -2.41. The minimum absolute atomic E-state index is 0.0275. The van der Waals surface area contributed by atoms with Crippen molar-refractivity contribution in [1.29, 1.82) is 0 Å². The first-order valence-electron chi connectivity index (χ1n) is 7.26. The standard InChI is InChI=1S/C15H18N4O3/c1-3-22-14-5-4-10(8-13(14)19(20)21)15-11-9-18(2)7-6-12(11)16-17-15/h4-5,8H,3,6-7,9H2,1-2H3,(H,16,17). The molecule has 0 fully saturated rings. The third kappa shape index (κ3) is 2.55. The Balaban J connectivity index is 2.04. The van der Waals surface area contributed by atoms with Crippen LogP contribution in [0.4, 0.5) is 5.69 Å². The van der Waals surface area contributed by atoms with Crippen LogP contribution in [0.5, 0.6) is 5.75 Å². The summed E-state index contributed by atoms with van der Waals surface area (Å²) in [5.41, 5.74) is 3.73. The average molecular weight is 302 g/mol. The van der Waals surface area contributed by atoms with Gasteiger partial charge in [-0.15, -0.1) is 0 Å². The van der Waals surface area contributed by atoms with Crippen molar-refractivity contribution in [3.05, 3.63) is 39.6 Å². The average Bonchev–Trinajstić information content (AvgIpc) is 2.90. The fourth-order valence-corrected chi connectivity index (χ4v) is 2.75. The monoisotopic (exact) mass is 302 g/mol. The van der Waals surface area contributed by atoms with Gasteiger partial charge in [0.15, 0.2) is 5.75 Å².